The largest absolute Gasteiger partial charge is 0.497 e. The van der Waals surface area contributed by atoms with E-state index in [9.17, 15) is 4.79 Å². The highest BCUT2D eigenvalue weighted by Crippen LogP contribution is 2.35. The van der Waals surface area contributed by atoms with Gasteiger partial charge in [0.1, 0.15) is 11.5 Å². The van der Waals surface area contributed by atoms with Gasteiger partial charge in [-0.15, -0.1) is 0 Å². The van der Waals surface area contributed by atoms with Crippen LogP contribution >= 0.6 is 23.2 Å². The average molecular weight is 483 g/mol. The Morgan fingerprint density at radius 3 is 2.52 bits per heavy atom. The normalized spacial score (nSPS) is 11.9. The first-order valence-electron chi connectivity index (χ1n) is 10.6. The number of rotatable bonds is 8. The van der Waals surface area contributed by atoms with Crippen molar-refractivity contribution in [1.82, 2.24) is 9.88 Å². The molecular formula is C26H24Cl2N2O3. The highest BCUT2D eigenvalue weighted by Gasteiger charge is 2.28. The Morgan fingerprint density at radius 2 is 1.82 bits per heavy atom. The number of halogens is 2. The predicted molar refractivity (Wildman–Crippen MR) is 132 cm³/mol. The number of para-hydroxylation sites is 1. The second-order valence-electron chi connectivity index (χ2n) is 7.51. The number of methoxy groups -OCH3 is 1. The summed E-state index contributed by atoms with van der Waals surface area (Å²) in [6, 6.07) is 20.4. The van der Waals surface area contributed by atoms with Gasteiger partial charge in [0.2, 0.25) is 0 Å². The number of nitrogens with one attached hydrogen (secondary N) is 1. The number of benzene rings is 3. The van der Waals surface area contributed by atoms with Crippen LogP contribution in [0, 0.1) is 0 Å². The molecule has 0 aliphatic heterocycles. The number of aromatic amines is 1. The number of hydrogen-bond donors (Lipinski definition) is 1. The van der Waals surface area contributed by atoms with E-state index in [1.807, 2.05) is 55.6 Å². The Bertz CT molecular complexity index is 1250. The monoisotopic (exact) mass is 482 g/mol. The van der Waals surface area contributed by atoms with E-state index >= 15 is 0 Å². The zero-order chi connectivity index (χ0) is 23.4. The lowest BCUT2D eigenvalue weighted by Gasteiger charge is -2.31. The number of hydrogen-bond acceptors (Lipinski definition) is 3. The van der Waals surface area contributed by atoms with Crippen LogP contribution in [0.1, 0.15) is 24.1 Å². The van der Waals surface area contributed by atoms with E-state index < -0.39 is 0 Å². The van der Waals surface area contributed by atoms with Crippen LogP contribution in [0.4, 0.5) is 0 Å². The summed E-state index contributed by atoms with van der Waals surface area (Å²) in [7, 11) is 1.63. The second kappa shape index (κ2) is 10.2. The first-order chi connectivity index (χ1) is 16.0. The third-order valence-corrected chi connectivity index (χ3v) is 6.10. The molecule has 0 radical (unpaired) electrons. The van der Waals surface area contributed by atoms with Gasteiger partial charge >= 0.3 is 0 Å². The average Bonchev–Trinajstić information content (AvgIpc) is 3.25. The van der Waals surface area contributed by atoms with Crippen LogP contribution in [0.5, 0.6) is 11.5 Å². The number of carbonyl (C=O) groups excluding carboxylic acids is 1. The summed E-state index contributed by atoms with van der Waals surface area (Å²) in [5.41, 5.74) is 2.99. The molecule has 0 bridgehead atoms. The van der Waals surface area contributed by atoms with Gasteiger partial charge in [-0.2, -0.15) is 0 Å². The minimum Gasteiger partial charge on any atom is -0.497 e. The lowest BCUT2D eigenvalue weighted by molar-refractivity contribution is -0.134. The Hall–Kier alpha value is -3.15. The fourth-order valence-corrected chi connectivity index (χ4v) is 4.41. The molecule has 0 aliphatic rings. The van der Waals surface area contributed by atoms with Crippen molar-refractivity contribution in [2.24, 2.45) is 0 Å². The lowest BCUT2D eigenvalue weighted by atomic mass is 9.96. The van der Waals surface area contributed by atoms with Crippen molar-refractivity contribution in [3.63, 3.8) is 0 Å². The predicted octanol–water partition coefficient (Wildman–Crippen LogP) is 6.50. The van der Waals surface area contributed by atoms with Crippen LogP contribution in [0.2, 0.25) is 10.0 Å². The molecule has 0 saturated carbocycles. The molecule has 3 aromatic carbocycles. The number of nitrogens with zero attached hydrogens (tertiary/aromatic N) is 1. The Kier molecular flexibility index (Phi) is 7.11. The van der Waals surface area contributed by atoms with Gasteiger partial charge in [-0.1, -0.05) is 53.5 Å². The lowest BCUT2D eigenvalue weighted by Crippen LogP contribution is -2.38. The summed E-state index contributed by atoms with van der Waals surface area (Å²) in [5.74, 6) is 1.01. The van der Waals surface area contributed by atoms with Gasteiger partial charge in [-0.3, -0.25) is 4.79 Å². The number of amides is 1. The molecule has 0 saturated heterocycles. The number of aromatic nitrogens is 1. The smallest absolute Gasteiger partial charge is 0.261 e. The molecule has 4 rings (SSSR count). The Morgan fingerprint density at radius 1 is 1.06 bits per heavy atom. The van der Waals surface area contributed by atoms with Crippen molar-refractivity contribution in [1.29, 1.82) is 0 Å². The highest BCUT2D eigenvalue weighted by atomic mass is 35.5. The minimum atomic E-state index is -0.311. The van der Waals surface area contributed by atoms with Crippen LogP contribution in [-0.2, 0) is 4.79 Å². The van der Waals surface area contributed by atoms with Crippen molar-refractivity contribution in [2.75, 3.05) is 20.3 Å². The SMILES string of the molecule is CCN(C(=O)COc1ccc(Cl)cc1Cl)[C@H](c1ccc(OC)cc1)c1c[nH]c2ccccc12. The van der Waals surface area contributed by atoms with Crippen LogP contribution in [0.25, 0.3) is 10.9 Å². The molecule has 0 fully saturated rings. The number of likely N-dealkylation sites (N-methyl/N-ethyl adjacent to an activating group) is 1. The van der Waals surface area contributed by atoms with Gasteiger partial charge in [-0.25, -0.2) is 0 Å². The summed E-state index contributed by atoms with van der Waals surface area (Å²) >= 11 is 12.2. The Balaban J connectivity index is 1.68. The molecule has 1 amide bonds. The quantitative estimate of drug-likeness (QED) is 0.311. The standard InChI is InChI=1S/C26H24Cl2N2O3/c1-3-30(25(31)16-33-24-13-10-18(27)14-22(24)28)26(17-8-11-19(32-2)12-9-17)21-15-29-23-7-5-4-6-20(21)23/h4-15,26,29H,3,16H2,1-2H3/t26-/m1/s1. The summed E-state index contributed by atoms with van der Waals surface area (Å²) in [6.07, 6.45) is 1.96. The van der Waals surface area contributed by atoms with Crippen LogP contribution in [0.15, 0.2) is 72.9 Å². The molecular weight excluding hydrogens is 459 g/mol. The van der Waals surface area contributed by atoms with Crippen LogP contribution in [0.3, 0.4) is 0 Å². The molecule has 7 heteroatoms. The molecule has 0 spiro atoms. The fraction of sp³-hybridized carbons (Fsp3) is 0.192. The molecule has 1 atom stereocenters. The van der Waals surface area contributed by atoms with E-state index in [2.05, 4.69) is 11.1 Å². The van der Waals surface area contributed by atoms with Crippen molar-refractivity contribution in [3.05, 3.63) is 94.1 Å². The second-order valence-corrected chi connectivity index (χ2v) is 8.35. The topological polar surface area (TPSA) is 54.6 Å². The number of fused-ring (bicyclic) bond motifs is 1. The zero-order valence-electron chi connectivity index (χ0n) is 18.3. The molecule has 1 heterocycles. The van der Waals surface area contributed by atoms with Gasteiger partial charge in [0.05, 0.1) is 18.2 Å². The molecule has 170 valence electrons. The van der Waals surface area contributed by atoms with E-state index in [1.165, 1.54) is 0 Å². The van der Waals surface area contributed by atoms with Crippen molar-refractivity contribution in [2.45, 2.75) is 13.0 Å². The third-order valence-electron chi connectivity index (χ3n) is 5.57. The summed E-state index contributed by atoms with van der Waals surface area (Å²) in [6.45, 7) is 2.30. The van der Waals surface area contributed by atoms with E-state index in [-0.39, 0.29) is 18.6 Å². The summed E-state index contributed by atoms with van der Waals surface area (Å²) in [4.78, 5) is 18.5. The van der Waals surface area contributed by atoms with Gasteiger partial charge in [0.25, 0.3) is 5.91 Å². The van der Waals surface area contributed by atoms with Crippen molar-refractivity contribution < 1.29 is 14.3 Å². The zero-order valence-corrected chi connectivity index (χ0v) is 19.9. The van der Waals surface area contributed by atoms with Crippen molar-refractivity contribution in [3.8, 4) is 11.5 Å². The maximum Gasteiger partial charge on any atom is 0.261 e. The van der Waals surface area contributed by atoms with Gasteiger partial charge in [0, 0.05) is 34.2 Å². The fourth-order valence-electron chi connectivity index (χ4n) is 3.95. The third kappa shape index (κ3) is 4.95. The summed E-state index contributed by atoms with van der Waals surface area (Å²) in [5, 5.41) is 1.93. The molecule has 0 unspecified atom stereocenters. The van der Waals surface area contributed by atoms with E-state index in [0.29, 0.717) is 22.3 Å². The van der Waals surface area contributed by atoms with Crippen molar-refractivity contribution >= 4 is 40.0 Å². The number of carbonyl (C=O) groups is 1. The highest BCUT2D eigenvalue weighted by molar-refractivity contribution is 6.35. The van der Waals surface area contributed by atoms with E-state index in [0.717, 1.165) is 27.8 Å². The van der Waals surface area contributed by atoms with Gasteiger partial charge in [0.15, 0.2) is 6.61 Å². The van der Waals surface area contributed by atoms with Gasteiger partial charge in [-0.05, 0) is 48.9 Å². The summed E-state index contributed by atoms with van der Waals surface area (Å²) < 4.78 is 11.1. The van der Waals surface area contributed by atoms with Crippen LogP contribution < -0.4 is 9.47 Å². The number of H-pyrrole nitrogens is 1. The maximum absolute atomic E-state index is 13.4. The molecule has 0 aliphatic carbocycles. The minimum absolute atomic E-state index is 0.149. The van der Waals surface area contributed by atoms with Gasteiger partial charge < -0.3 is 19.4 Å². The Labute approximate surface area is 202 Å². The number of ether oxygens (including phenoxy) is 2. The van der Waals surface area contributed by atoms with E-state index in [1.54, 1.807) is 30.2 Å². The first-order valence-corrected chi connectivity index (χ1v) is 11.3. The molecule has 1 N–H and O–H groups in total. The van der Waals surface area contributed by atoms with E-state index in [4.69, 9.17) is 32.7 Å². The molecule has 4 aromatic rings. The molecule has 33 heavy (non-hydrogen) atoms. The maximum atomic E-state index is 13.4. The van der Waals surface area contributed by atoms with Crippen LogP contribution in [-0.4, -0.2) is 36.1 Å². The molecule has 5 nitrogen and oxygen atoms in total. The molecule has 1 aromatic heterocycles. The first kappa shape index (κ1) is 23.0.